The number of rotatable bonds is 8. The minimum atomic E-state index is -0.910. The standard InChI is InChI=1S/C31H29N3O5S/c1-18-29(40-30(32-18)19-9-7-6-8-10-19)27(35)25-26(20-11-16-23(38-4)24(17-20)39-5)34(31(37)28(25)36)22-14-12-21(13-15-22)33(2)3/h6-17,26,36H,1-5H3. The van der Waals surface area contributed by atoms with Crippen LogP contribution >= 0.6 is 11.3 Å². The first kappa shape index (κ1) is 27.0. The first-order chi connectivity index (χ1) is 19.2. The van der Waals surface area contributed by atoms with Crippen molar-refractivity contribution >= 4 is 34.4 Å². The van der Waals surface area contributed by atoms with Crippen LogP contribution in [0.4, 0.5) is 11.4 Å². The van der Waals surface area contributed by atoms with Gasteiger partial charge in [-0.25, -0.2) is 4.98 Å². The van der Waals surface area contributed by atoms with E-state index in [0.717, 1.165) is 11.3 Å². The number of aliphatic hydroxyl groups is 1. The van der Waals surface area contributed by atoms with Crippen molar-refractivity contribution in [1.82, 2.24) is 4.98 Å². The number of carbonyl (C=O) groups excluding carboxylic acids is 2. The van der Waals surface area contributed by atoms with E-state index in [1.165, 1.54) is 30.5 Å². The Balaban J connectivity index is 1.64. The molecule has 1 aliphatic rings. The van der Waals surface area contributed by atoms with Gasteiger partial charge in [0.2, 0.25) is 5.78 Å². The molecule has 3 aromatic carbocycles. The van der Waals surface area contributed by atoms with E-state index in [-0.39, 0.29) is 5.57 Å². The van der Waals surface area contributed by atoms with Gasteiger partial charge in [-0.3, -0.25) is 14.5 Å². The van der Waals surface area contributed by atoms with Crippen LogP contribution < -0.4 is 19.3 Å². The molecule has 1 unspecified atom stereocenters. The maximum atomic E-state index is 14.2. The van der Waals surface area contributed by atoms with Gasteiger partial charge in [-0.15, -0.1) is 11.3 Å². The number of ether oxygens (including phenoxy) is 2. The molecule has 0 bridgehead atoms. The number of aromatic nitrogens is 1. The number of aryl methyl sites for hydroxylation is 1. The van der Waals surface area contributed by atoms with E-state index >= 15 is 0 Å². The minimum Gasteiger partial charge on any atom is -0.503 e. The normalized spacial score (nSPS) is 15.0. The Kier molecular flexibility index (Phi) is 7.32. The predicted molar refractivity (Wildman–Crippen MR) is 157 cm³/mol. The van der Waals surface area contributed by atoms with Crippen LogP contribution in [0.1, 0.15) is 27.0 Å². The van der Waals surface area contributed by atoms with Crippen LogP contribution in [-0.4, -0.2) is 50.1 Å². The Morgan fingerprint density at radius 2 is 1.65 bits per heavy atom. The van der Waals surface area contributed by atoms with Gasteiger partial charge in [-0.2, -0.15) is 0 Å². The number of carbonyl (C=O) groups is 2. The highest BCUT2D eigenvalue weighted by Gasteiger charge is 2.45. The lowest BCUT2D eigenvalue weighted by Gasteiger charge is -2.28. The molecular formula is C31H29N3O5S. The van der Waals surface area contributed by atoms with E-state index in [9.17, 15) is 14.7 Å². The van der Waals surface area contributed by atoms with Gasteiger partial charge in [-0.05, 0) is 48.9 Å². The number of Topliss-reactive ketones (excluding diaryl/α,β-unsaturated/α-hetero) is 1. The highest BCUT2D eigenvalue weighted by molar-refractivity contribution is 7.17. The van der Waals surface area contributed by atoms with Gasteiger partial charge in [0.15, 0.2) is 17.3 Å². The van der Waals surface area contributed by atoms with Crippen molar-refractivity contribution in [3.05, 3.63) is 100 Å². The highest BCUT2D eigenvalue weighted by Crippen LogP contribution is 2.45. The van der Waals surface area contributed by atoms with Crippen LogP contribution in [0.15, 0.2) is 84.1 Å². The van der Waals surface area contributed by atoms with E-state index in [0.29, 0.717) is 38.3 Å². The molecule has 4 aromatic rings. The summed E-state index contributed by atoms with van der Waals surface area (Å²) in [6.07, 6.45) is 0. The third-order valence-electron chi connectivity index (χ3n) is 6.84. The summed E-state index contributed by atoms with van der Waals surface area (Å²) in [6.45, 7) is 1.76. The molecule has 0 radical (unpaired) electrons. The van der Waals surface area contributed by atoms with Crippen LogP contribution in [0.5, 0.6) is 11.5 Å². The highest BCUT2D eigenvalue weighted by atomic mass is 32.1. The van der Waals surface area contributed by atoms with Crippen LogP contribution in [0.25, 0.3) is 10.6 Å². The third kappa shape index (κ3) is 4.69. The zero-order valence-electron chi connectivity index (χ0n) is 22.8. The fraction of sp³-hybridized carbons (Fsp3) is 0.194. The lowest BCUT2D eigenvalue weighted by Crippen LogP contribution is -2.31. The van der Waals surface area contributed by atoms with E-state index < -0.39 is 23.5 Å². The first-order valence-corrected chi connectivity index (χ1v) is 13.4. The predicted octanol–water partition coefficient (Wildman–Crippen LogP) is 5.98. The van der Waals surface area contributed by atoms with Crippen molar-refractivity contribution in [3.63, 3.8) is 0 Å². The number of methoxy groups -OCH3 is 2. The van der Waals surface area contributed by atoms with Gasteiger partial charge >= 0.3 is 0 Å². The van der Waals surface area contributed by atoms with Gasteiger partial charge in [-0.1, -0.05) is 36.4 Å². The Morgan fingerprint density at radius 3 is 2.27 bits per heavy atom. The molecule has 5 rings (SSSR count). The fourth-order valence-corrected chi connectivity index (χ4v) is 5.81. The zero-order chi connectivity index (χ0) is 28.6. The van der Waals surface area contributed by atoms with E-state index in [2.05, 4.69) is 4.98 Å². The zero-order valence-corrected chi connectivity index (χ0v) is 23.7. The Labute approximate surface area is 236 Å². The number of hydrogen-bond donors (Lipinski definition) is 1. The largest absolute Gasteiger partial charge is 0.503 e. The number of benzene rings is 3. The van der Waals surface area contributed by atoms with Crippen molar-refractivity contribution in [2.45, 2.75) is 13.0 Å². The number of ketones is 1. The molecule has 8 nitrogen and oxygen atoms in total. The number of nitrogens with zero attached hydrogens (tertiary/aromatic N) is 3. The minimum absolute atomic E-state index is 0.0136. The maximum absolute atomic E-state index is 14.2. The van der Waals surface area contributed by atoms with E-state index in [4.69, 9.17) is 9.47 Å². The summed E-state index contributed by atoms with van der Waals surface area (Å²) < 4.78 is 10.9. The number of amides is 1. The molecule has 0 saturated carbocycles. The summed E-state index contributed by atoms with van der Waals surface area (Å²) in [6, 6.07) is 21.2. The Morgan fingerprint density at radius 1 is 0.975 bits per heavy atom. The average Bonchev–Trinajstić information content (AvgIpc) is 3.49. The number of thiazole rings is 1. The summed E-state index contributed by atoms with van der Waals surface area (Å²) in [4.78, 5) is 36.2. The number of aliphatic hydroxyl groups excluding tert-OH is 1. The summed E-state index contributed by atoms with van der Waals surface area (Å²) in [5, 5.41) is 11.9. The van der Waals surface area contributed by atoms with Gasteiger partial charge in [0.25, 0.3) is 5.91 Å². The summed E-state index contributed by atoms with van der Waals surface area (Å²) in [7, 11) is 6.90. The number of hydrogen-bond acceptors (Lipinski definition) is 8. The van der Waals surface area contributed by atoms with Crippen LogP contribution in [-0.2, 0) is 4.79 Å². The molecule has 1 aromatic heterocycles. The molecule has 0 aliphatic carbocycles. The summed E-state index contributed by atoms with van der Waals surface area (Å²) >= 11 is 1.24. The van der Waals surface area contributed by atoms with Gasteiger partial charge in [0.05, 0.1) is 36.4 Å². The van der Waals surface area contributed by atoms with Gasteiger partial charge in [0, 0.05) is 31.0 Å². The van der Waals surface area contributed by atoms with Crippen molar-refractivity contribution in [2.75, 3.05) is 38.1 Å². The average molecular weight is 556 g/mol. The second-order valence-electron chi connectivity index (χ2n) is 9.49. The van der Waals surface area contributed by atoms with E-state index in [1.807, 2.05) is 61.5 Å². The smallest absolute Gasteiger partial charge is 0.294 e. The summed E-state index contributed by atoms with van der Waals surface area (Å²) in [5.41, 5.74) is 3.47. The molecule has 2 heterocycles. The molecule has 0 fully saturated rings. The topological polar surface area (TPSA) is 92.2 Å². The van der Waals surface area contributed by atoms with Gasteiger partial charge in [0.1, 0.15) is 5.01 Å². The van der Waals surface area contributed by atoms with E-state index in [1.54, 1.807) is 37.3 Å². The quantitative estimate of drug-likeness (QED) is 0.267. The van der Waals surface area contributed by atoms with Crippen molar-refractivity contribution in [1.29, 1.82) is 0 Å². The Bertz CT molecular complexity index is 1610. The molecule has 0 spiro atoms. The molecule has 1 N–H and O–H groups in total. The lowest BCUT2D eigenvalue weighted by molar-refractivity contribution is -0.117. The number of anilines is 2. The van der Waals surface area contributed by atoms with Crippen LogP contribution in [0.2, 0.25) is 0 Å². The SMILES string of the molecule is COc1ccc(C2C(C(=O)c3sc(-c4ccccc4)nc3C)=C(O)C(=O)N2c2ccc(N(C)C)cc2)cc1OC. The Hall–Kier alpha value is -4.63. The molecule has 204 valence electrons. The second-order valence-corrected chi connectivity index (χ2v) is 10.5. The molecule has 1 amide bonds. The summed E-state index contributed by atoms with van der Waals surface area (Å²) in [5.74, 6) is -0.754. The first-order valence-electron chi connectivity index (χ1n) is 12.6. The molecule has 0 saturated heterocycles. The second kappa shape index (κ2) is 10.9. The molecule has 1 aliphatic heterocycles. The monoisotopic (exact) mass is 555 g/mol. The van der Waals surface area contributed by atoms with Crippen molar-refractivity contribution in [2.24, 2.45) is 0 Å². The molecule has 40 heavy (non-hydrogen) atoms. The molecule has 1 atom stereocenters. The van der Waals surface area contributed by atoms with Crippen molar-refractivity contribution < 1.29 is 24.2 Å². The molecule has 9 heteroatoms. The third-order valence-corrected chi connectivity index (χ3v) is 8.05. The van der Waals surface area contributed by atoms with Crippen LogP contribution in [0.3, 0.4) is 0 Å². The molecular weight excluding hydrogens is 526 g/mol. The van der Waals surface area contributed by atoms with Crippen LogP contribution in [0, 0.1) is 6.92 Å². The lowest BCUT2D eigenvalue weighted by atomic mass is 9.94. The van der Waals surface area contributed by atoms with Gasteiger partial charge < -0.3 is 19.5 Å². The maximum Gasteiger partial charge on any atom is 0.294 e. The fourth-order valence-electron chi connectivity index (χ4n) is 4.79. The van der Waals surface area contributed by atoms with Crippen molar-refractivity contribution in [3.8, 4) is 22.1 Å².